The molecule has 0 atom stereocenters. The third kappa shape index (κ3) is 4.09. The molecular formula is C17H24N6O2S. The molecule has 0 radical (unpaired) electrons. The highest BCUT2D eigenvalue weighted by atomic mass is 32.1. The van der Waals surface area contributed by atoms with Gasteiger partial charge in [-0.25, -0.2) is 4.68 Å². The van der Waals surface area contributed by atoms with Crippen LogP contribution in [0.4, 0.5) is 5.82 Å². The quantitative estimate of drug-likeness (QED) is 0.865. The number of carbonyl (C=O) groups excluding carboxylic acids is 2. The number of piperidine rings is 1. The summed E-state index contributed by atoms with van der Waals surface area (Å²) < 4.78 is 5.72. The third-order valence-corrected chi connectivity index (χ3v) is 5.29. The number of likely N-dealkylation sites (tertiary alicyclic amines) is 1. The van der Waals surface area contributed by atoms with Gasteiger partial charge >= 0.3 is 0 Å². The minimum atomic E-state index is 0.00174. The zero-order valence-corrected chi connectivity index (χ0v) is 16.1. The maximum Gasteiger partial charge on any atom is 0.267 e. The van der Waals surface area contributed by atoms with Crippen LogP contribution in [0.25, 0.3) is 0 Å². The Hall–Kier alpha value is -2.29. The third-order valence-electron chi connectivity index (χ3n) is 4.47. The summed E-state index contributed by atoms with van der Waals surface area (Å²) in [7, 11) is 0. The highest BCUT2D eigenvalue weighted by Gasteiger charge is 2.28. The van der Waals surface area contributed by atoms with E-state index in [1.54, 1.807) is 13.1 Å². The fourth-order valence-electron chi connectivity index (χ4n) is 3.15. The first-order valence-electron chi connectivity index (χ1n) is 8.87. The van der Waals surface area contributed by atoms with Crippen LogP contribution < -0.4 is 5.32 Å². The molecule has 140 valence electrons. The van der Waals surface area contributed by atoms with E-state index in [9.17, 15) is 9.59 Å². The first kappa shape index (κ1) is 18.5. The Kier molecular flexibility index (Phi) is 5.65. The molecule has 8 nitrogen and oxygen atoms in total. The predicted octanol–water partition coefficient (Wildman–Crippen LogP) is 2.50. The van der Waals surface area contributed by atoms with Crippen molar-refractivity contribution < 1.29 is 9.59 Å². The summed E-state index contributed by atoms with van der Waals surface area (Å²) in [6, 6.07) is 1.99. The average molecular weight is 376 g/mol. The van der Waals surface area contributed by atoms with Gasteiger partial charge in [0.05, 0.1) is 17.9 Å². The van der Waals surface area contributed by atoms with E-state index in [0.29, 0.717) is 36.0 Å². The number of nitrogens with zero attached hydrogens (tertiary/aromatic N) is 5. The minimum Gasteiger partial charge on any atom is -0.338 e. The van der Waals surface area contributed by atoms with Crippen LogP contribution in [0, 0.1) is 12.8 Å². The zero-order valence-electron chi connectivity index (χ0n) is 15.3. The van der Waals surface area contributed by atoms with E-state index >= 15 is 0 Å². The van der Waals surface area contributed by atoms with Crippen molar-refractivity contribution in [3.63, 3.8) is 0 Å². The van der Waals surface area contributed by atoms with E-state index in [-0.39, 0.29) is 17.9 Å². The van der Waals surface area contributed by atoms with Crippen LogP contribution in [0.5, 0.6) is 0 Å². The molecule has 0 saturated carbocycles. The number of rotatable bonds is 5. The van der Waals surface area contributed by atoms with Crippen molar-refractivity contribution in [2.24, 2.45) is 5.92 Å². The van der Waals surface area contributed by atoms with E-state index in [4.69, 9.17) is 0 Å². The summed E-state index contributed by atoms with van der Waals surface area (Å²) in [6.45, 7) is 7.15. The molecule has 3 heterocycles. The molecule has 1 aliphatic heterocycles. The summed E-state index contributed by atoms with van der Waals surface area (Å²) in [4.78, 5) is 27.1. The van der Waals surface area contributed by atoms with Crippen LogP contribution in [0.15, 0.2) is 12.3 Å². The fourth-order valence-corrected chi connectivity index (χ4v) is 3.78. The van der Waals surface area contributed by atoms with Gasteiger partial charge in [-0.2, -0.15) is 5.10 Å². The lowest BCUT2D eigenvalue weighted by molar-refractivity contribution is -0.116. The highest BCUT2D eigenvalue weighted by Crippen LogP contribution is 2.27. The van der Waals surface area contributed by atoms with Gasteiger partial charge in [-0.3, -0.25) is 9.59 Å². The maximum absolute atomic E-state index is 12.6. The number of aryl methyl sites for hydroxylation is 1. The van der Waals surface area contributed by atoms with Crippen molar-refractivity contribution in [1.29, 1.82) is 0 Å². The summed E-state index contributed by atoms with van der Waals surface area (Å²) >= 11 is 1.15. The SMILES string of the molecule is Cc1nnsc1C(=O)N1CCC(n2nccc2NC(=O)CC(C)C)CC1. The molecule has 26 heavy (non-hydrogen) atoms. The first-order valence-corrected chi connectivity index (χ1v) is 9.64. The Morgan fingerprint density at radius 2 is 2.08 bits per heavy atom. The van der Waals surface area contributed by atoms with Crippen LogP contribution in [0.3, 0.4) is 0 Å². The van der Waals surface area contributed by atoms with Gasteiger partial charge in [0.2, 0.25) is 5.91 Å². The number of carbonyl (C=O) groups is 2. The predicted molar refractivity (Wildman–Crippen MR) is 99.1 cm³/mol. The summed E-state index contributed by atoms with van der Waals surface area (Å²) in [6.07, 6.45) is 3.78. The molecule has 9 heteroatoms. The van der Waals surface area contributed by atoms with Crippen molar-refractivity contribution >= 4 is 29.2 Å². The molecule has 1 saturated heterocycles. The van der Waals surface area contributed by atoms with E-state index in [1.807, 2.05) is 29.5 Å². The van der Waals surface area contributed by atoms with Gasteiger partial charge in [0.15, 0.2) is 0 Å². The van der Waals surface area contributed by atoms with Crippen LogP contribution in [0.1, 0.15) is 54.5 Å². The van der Waals surface area contributed by atoms with Crippen molar-refractivity contribution in [2.75, 3.05) is 18.4 Å². The second-order valence-electron chi connectivity index (χ2n) is 7.02. The second kappa shape index (κ2) is 7.94. The Bertz CT molecular complexity index is 776. The van der Waals surface area contributed by atoms with Crippen LogP contribution >= 0.6 is 11.5 Å². The molecule has 2 aromatic heterocycles. The van der Waals surface area contributed by atoms with Gasteiger partial charge in [0, 0.05) is 25.6 Å². The monoisotopic (exact) mass is 376 g/mol. The summed E-state index contributed by atoms with van der Waals surface area (Å²) in [5.74, 6) is 1.04. The molecular weight excluding hydrogens is 352 g/mol. The molecule has 1 aliphatic rings. The Morgan fingerprint density at radius 3 is 2.69 bits per heavy atom. The van der Waals surface area contributed by atoms with Gasteiger partial charge in [-0.15, -0.1) is 5.10 Å². The van der Waals surface area contributed by atoms with E-state index in [0.717, 1.165) is 30.2 Å². The number of anilines is 1. The fraction of sp³-hybridized carbons (Fsp3) is 0.588. The average Bonchev–Trinajstić information content (AvgIpc) is 3.22. The molecule has 1 fully saturated rings. The first-order chi connectivity index (χ1) is 12.5. The zero-order chi connectivity index (χ0) is 18.7. The van der Waals surface area contributed by atoms with Gasteiger partial charge in [0.1, 0.15) is 10.7 Å². The Balaban J connectivity index is 1.60. The molecule has 0 bridgehead atoms. The van der Waals surface area contributed by atoms with Crippen molar-refractivity contribution in [3.8, 4) is 0 Å². The molecule has 0 aromatic carbocycles. The van der Waals surface area contributed by atoms with E-state index in [1.165, 1.54) is 0 Å². The van der Waals surface area contributed by atoms with Gasteiger partial charge in [-0.1, -0.05) is 18.3 Å². The summed E-state index contributed by atoms with van der Waals surface area (Å²) in [5, 5.41) is 11.2. The molecule has 2 amide bonds. The molecule has 2 aromatic rings. The second-order valence-corrected chi connectivity index (χ2v) is 7.77. The van der Waals surface area contributed by atoms with Gasteiger partial charge in [0.25, 0.3) is 5.91 Å². The van der Waals surface area contributed by atoms with Gasteiger partial charge < -0.3 is 10.2 Å². The Labute approximate surface area is 156 Å². The van der Waals surface area contributed by atoms with Gasteiger partial charge in [-0.05, 0) is 37.2 Å². The number of amides is 2. The number of hydrogen-bond donors (Lipinski definition) is 1. The number of nitrogens with one attached hydrogen (secondary N) is 1. The smallest absolute Gasteiger partial charge is 0.267 e. The normalized spacial score (nSPS) is 15.5. The highest BCUT2D eigenvalue weighted by molar-refractivity contribution is 7.07. The minimum absolute atomic E-state index is 0.00174. The molecule has 0 unspecified atom stereocenters. The molecule has 0 spiro atoms. The van der Waals surface area contributed by atoms with E-state index in [2.05, 4.69) is 20.0 Å². The van der Waals surface area contributed by atoms with Crippen molar-refractivity contribution in [1.82, 2.24) is 24.3 Å². The number of aromatic nitrogens is 4. The van der Waals surface area contributed by atoms with Crippen LogP contribution in [0.2, 0.25) is 0 Å². The van der Waals surface area contributed by atoms with Crippen molar-refractivity contribution in [3.05, 3.63) is 22.8 Å². The largest absolute Gasteiger partial charge is 0.338 e. The maximum atomic E-state index is 12.6. The standard InChI is InChI=1S/C17H24N6O2S/c1-11(2)10-15(24)19-14-4-7-18-23(14)13-5-8-22(9-6-13)17(25)16-12(3)20-21-26-16/h4,7,11,13H,5-6,8-10H2,1-3H3,(H,19,24). The Morgan fingerprint density at radius 1 is 1.35 bits per heavy atom. The molecule has 3 rings (SSSR count). The summed E-state index contributed by atoms with van der Waals surface area (Å²) in [5.41, 5.74) is 0.685. The molecule has 1 N–H and O–H groups in total. The van der Waals surface area contributed by atoms with Crippen LogP contribution in [-0.4, -0.2) is 49.2 Å². The van der Waals surface area contributed by atoms with Crippen molar-refractivity contribution in [2.45, 2.75) is 46.1 Å². The lowest BCUT2D eigenvalue weighted by Gasteiger charge is -2.32. The van der Waals surface area contributed by atoms with E-state index < -0.39 is 0 Å². The van der Waals surface area contributed by atoms with Crippen LogP contribution in [-0.2, 0) is 4.79 Å². The lowest BCUT2D eigenvalue weighted by atomic mass is 10.0. The molecule has 0 aliphatic carbocycles. The topological polar surface area (TPSA) is 93.0 Å². The lowest BCUT2D eigenvalue weighted by Crippen LogP contribution is -2.39. The number of hydrogen-bond acceptors (Lipinski definition) is 6.